The molecule has 2 aromatic rings. The lowest BCUT2D eigenvalue weighted by Crippen LogP contribution is -2.53. The molecule has 0 amide bonds. The van der Waals surface area contributed by atoms with Crippen LogP contribution >= 0.6 is 0 Å². The molecule has 1 aromatic carbocycles. The van der Waals surface area contributed by atoms with Crippen LogP contribution in [-0.4, -0.2) is 68.6 Å². The minimum atomic E-state index is -3.42. The van der Waals surface area contributed by atoms with Crippen LogP contribution in [0.4, 0.5) is 0 Å². The van der Waals surface area contributed by atoms with Gasteiger partial charge in [0.15, 0.2) is 5.96 Å². The Hall–Kier alpha value is -2.59. The molecule has 10 heteroatoms. The van der Waals surface area contributed by atoms with Gasteiger partial charge in [-0.1, -0.05) is 23.4 Å². The third-order valence-electron chi connectivity index (χ3n) is 4.67. The fraction of sp³-hybridized carbons (Fsp3) is 0.474. The summed E-state index contributed by atoms with van der Waals surface area (Å²) in [6.07, 6.45) is 1.38. The second-order valence-electron chi connectivity index (χ2n) is 6.57. The van der Waals surface area contributed by atoms with E-state index in [1.165, 1.54) is 10.6 Å². The Labute approximate surface area is 171 Å². The molecule has 2 heterocycles. The highest BCUT2D eigenvalue weighted by Gasteiger charge is 2.29. The van der Waals surface area contributed by atoms with Crippen LogP contribution in [0.2, 0.25) is 0 Å². The van der Waals surface area contributed by atoms with Gasteiger partial charge in [-0.25, -0.2) is 8.42 Å². The van der Waals surface area contributed by atoms with Crippen molar-refractivity contribution in [3.63, 3.8) is 0 Å². The van der Waals surface area contributed by atoms with E-state index in [4.69, 9.17) is 9.26 Å². The Kier molecular flexibility index (Phi) is 7.10. The van der Waals surface area contributed by atoms with Gasteiger partial charge in [0.25, 0.3) is 0 Å². The lowest BCUT2D eigenvalue weighted by Gasteiger charge is -2.35. The topological polar surface area (TPSA) is 100 Å². The molecule has 1 N–H and O–H groups in total. The average Bonchev–Trinajstić information content (AvgIpc) is 3.22. The molecule has 1 fully saturated rings. The van der Waals surface area contributed by atoms with Gasteiger partial charge in [-0.05, 0) is 13.0 Å². The molecule has 0 aliphatic carbocycles. The predicted molar refractivity (Wildman–Crippen MR) is 110 cm³/mol. The standard InChI is InChI=1S/C19H27N5O4S/c1-3-27-18-7-5-4-6-16(18)14-21-19(20-2)23-9-11-24(12-10-23)29(25,26)15-17-8-13-28-22-17/h4-8,13H,3,9-12,14-15H2,1-2H3,(H,20,21). The number of sulfonamides is 1. The normalized spacial score (nSPS) is 16.1. The van der Waals surface area contributed by atoms with Gasteiger partial charge in [-0.2, -0.15) is 4.31 Å². The second-order valence-corrected chi connectivity index (χ2v) is 8.54. The maximum Gasteiger partial charge on any atom is 0.220 e. The number of ether oxygens (including phenoxy) is 1. The van der Waals surface area contributed by atoms with Gasteiger partial charge in [-0.3, -0.25) is 4.99 Å². The molecule has 1 saturated heterocycles. The lowest BCUT2D eigenvalue weighted by atomic mass is 10.2. The van der Waals surface area contributed by atoms with Crippen LogP contribution in [0.3, 0.4) is 0 Å². The van der Waals surface area contributed by atoms with E-state index in [9.17, 15) is 8.42 Å². The molecule has 1 aliphatic rings. The first-order valence-electron chi connectivity index (χ1n) is 9.57. The molecule has 0 spiro atoms. The number of hydrogen-bond acceptors (Lipinski definition) is 6. The number of rotatable bonds is 7. The number of piperazine rings is 1. The molecule has 29 heavy (non-hydrogen) atoms. The van der Waals surface area contributed by atoms with E-state index in [1.807, 2.05) is 31.2 Å². The van der Waals surface area contributed by atoms with E-state index in [-0.39, 0.29) is 5.75 Å². The molecule has 1 aliphatic heterocycles. The van der Waals surface area contributed by atoms with Gasteiger partial charge in [0.1, 0.15) is 17.8 Å². The summed E-state index contributed by atoms with van der Waals surface area (Å²) in [5.41, 5.74) is 1.46. The first-order chi connectivity index (χ1) is 14.0. The first-order valence-corrected chi connectivity index (χ1v) is 11.2. The summed E-state index contributed by atoms with van der Waals surface area (Å²) >= 11 is 0. The Morgan fingerprint density at radius 1 is 1.24 bits per heavy atom. The van der Waals surface area contributed by atoms with E-state index in [0.29, 0.717) is 45.0 Å². The summed E-state index contributed by atoms with van der Waals surface area (Å²) in [6.45, 7) is 5.06. The number of nitrogens with one attached hydrogen (secondary N) is 1. The molecular formula is C19H27N5O4S. The van der Waals surface area contributed by atoms with Crippen molar-refractivity contribution in [3.8, 4) is 5.75 Å². The Morgan fingerprint density at radius 3 is 2.66 bits per heavy atom. The van der Waals surface area contributed by atoms with Crippen molar-refractivity contribution in [2.75, 3.05) is 39.8 Å². The van der Waals surface area contributed by atoms with Gasteiger partial charge in [0.2, 0.25) is 10.0 Å². The second kappa shape index (κ2) is 9.75. The summed E-state index contributed by atoms with van der Waals surface area (Å²) in [4.78, 5) is 6.41. The summed E-state index contributed by atoms with van der Waals surface area (Å²) in [5.74, 6) is 1.44. The third-order valence-corrected chi connectivity index (χ3v) is 6.49. The van der Waals surface area contributed by atoms with Crippen molar-refractivity contribution >= 4 is 16.0 Å². The summed E-state index contributed by atoms with van der Waals surface area (Å²) < 4.78 is 37.0. The maximum absolute atomic E-state index is 12.6. The van der Waals surface area contributed by atoms with Crippen LogP contribution in [-0.2, 0) is 22.3 Å². The van der Waals surface area contributed by atoms with E-state index in [1.54, 1.807) is 13.1 Å². The van der Waals surface area contributed by atoms with Gasteiger partial charge in [0, 0.05) is 51.4 Å². The maximum atomic E-state index is 12.6. The van der Waals surface area contributed by atoms with Gasteiger partial charge >= 0.3 is 0 Å². The molecule has 0 atom stereocenters. The minimum Gasteiger partial charge on any atom is -0.494 e. The number of aromatic nitrogens is 1. The summed E-state index contributed by atoms with van der Waals surface area (Å²) in [5, 5.41) is 7.05. The van der Waals surface area contributed by atoms with E-state index in [0.717, 1.165) is 17.3 Å². The van der Waals surface area contributed by atoms with E-state index in [2.05, 4.69) is 20.4 Å². The SMILES string of the molecule is CCOc1ccccc1CNC(=NC)N1CCN(S(=O)(=O)Cc2ccon2)CC1. The quantitative estimate of drug-likeness (QED) is 0.531. The fourth-order valence-corrected chi connectivity index (χ4v) is 4.65. The van der Waals surface area contributed by atoms with Crippen molar-refractivity contribution in [2.24, 2.45) is 4.99 Å². The first kappa shape index (κ1) is 21.1. The largest absolute Gasteiger partial charge is 0.494 e. The highest BCUT2D eigenvalue weighted by molar-refractivity contribution is 7.88. The highest BCUT2D eigenvalue weighted by Crippen LogP contribution is 2.18. The fourth-order valence-electron chi connectivity index (χ4n) is 3.22. The number of guanidine groups is 1. The van der Waals surface area contributed by atoms with Crippen LogP contribution in [0.25, 0.3) is 0 Å². The zero-order valence-corrected chi connectivity index (χ0v) is 17.6. The van der Waals surface area contributed by atoms with E-state index >= 15 is 0 Å². The Bertz CT molecular complexity index is 906. The van der Waals surface area contributed by atoms with Crippen LogP contribution < -0.4 is 10.1 Å². The molecule has 3 rings (SSSR count). The number of nitrogens with zero attached hydrogens (tertiary/aromatic N) is 4. The minimum absolute atomic E-state index is 0.148. The van der Waals surface area contributed by atoms with Crippen LogP contribution in [0.5, 0.6) is 5.75 Å². The number of benzene rings is 1. The molecule has 0 radical (unpaired) electrons. The zero-order valence-electron chi connectivity index (χ0n) is 16.7. The van der Waals surface area contributed by atoms with Gasteiger partial charge < -0.3 is 19.5 Å². The monoisotopic (exact) mass is 421 g/mol. The van der Waals surface area contributed by atoms with Crippen LogP contribution in [0.1, 0.15) is 18.2 Å². The number of para-hydroxylation sites is 1. The van der Waals surface area contributed by atoms with Crippen molar-refractivity contribution in [2.45, 2.75) is 19.2 Å². The molecule has 1 aromatic heterocycles. The van der Waals surface area contributed by atoms with Crippen LogP contribution in [0, 0.1) is 0 Å². The zero-order chi connectivity index (χ0) is 20.7. The van der Waals surface area contributed by atoms with Crippen molar-refractivity contribution in [1.82, 2.24) is 19.7 Å². The Balaban J connectivity index is 1.55. The van der Waals surface area contributed by atoms with Crippen LogP contribution in [0.15, 0.2) is 46.1 Å². The molecule has 0 unspecified atom stereocenters. The number of hydrogen-bond donors (Lipinski definition) is 1. The Morgan fingerprint density at radius 2 is 2.00 bits per heavy atom. The molecule has 0 bridgehead atoms. The van der Waals surface area contributed by atoms with Crippen molar-refractivity contribution in [1.29, 1.82) is 0 Å². The molecular weight excluding hydrogens is 394 g/mol. The van der Waals surface area contributed by atoms with Crippen molar-refractivity contribution < 1.29 is 17.7 Å². The lowest BCUT2D eigenvalue weighted by molar-refractivity contribution is 0.259. The smallest absolute Gasteiger partial charge is 0.220 e. The number of aliphatic imine (C=N–C) groups is 1. The predicted octanol–water partition coefficient (Wildman–Crippen LogP) is 1.30. The molecule has 9 nitrogen and oxygen atoms in total. The summed E-state index contributed by atoms with van der Waals surface area (Å²) in [6, 6.07) is 9.45. The third kappa shape index (κ3) is 5.48. The van der Waals surface area contributed by atoms with Gasteiger partial charge in [0.05, 0.1) is 12.3 Å². The van der Waals surface area contributed by atoms with Crippen molar-refractivity contribution in [3.05, 3.63) is 47.9 Å². The molecule has 0 saturated carbocycles. The molecule has 158 valence electrons. The van der Waals surface area contributed by atoms with Gasteiger partial charge in [-0.15, -0.1) is 0 Å². The average molecular weight is 422 g/mol. The highest BCUT2D eigenvalue weighted by atomic mass is 32.2. The van der Waals surface area contributed by atoms with E-state index < -0.39 is 10.0 Å². The summed E-state index contributed by atoms with van der Waals surface area (Å²) in [7, 11) is -1.70.